The minimum Gasteiger partial charge on any atom is -0.391 e. The Morgan fingerprint density at radius 3 is 2.50 bits per heavy atom. The lowest BCUT2D eigenvalue weighted by molar-refractivity contribution is 0.188. The van der Waals surface area contributed by atoms with Crippen LogP contribution in [0.3, 0.4) is 0 Å². The number of halogens is 1. The quantitative estimate of drug-likeness (QED) is 0.691. The highest BCUT2D eigenvalue weighted by Gasteiger charge is 2.09. The second-order valence-corrected chi connectivity index (χ2v) is 6.59. The molecule has 24 heavy (non-hydrogen) atoms. The lowest BCUT2D eigenvalue weighted by Crippen LogP contribution is -2.21. The van der Waals surface area contributed by atoms with Gasteiger partial charge >= 0.3 is 0 Å². The van der Waals surface area contributed by atoms with Gasteiger partial charge in [0.15, 0.2) is 0 Å². The Labute approximate surface area is 144 Å². The summed E-state index contributed by atoms with van der Waals surface area (Å²) in [6, 6.07) is 16.2. The fourth-order valence-electron chi connectivity index (χ4n) is 2.34. The molecule has 1 heterocycles. The first-order chi connectivity index (χ1) is 11.7. The highest BCUT2D eigenvalue weighted by atomic mass is 32.1. The monoisotopic (exact) mass is 343 g/mol. The van der Waals surface area contributed by atoms with Gasteiger partial charge in [0.25, 0.3) is 0 Å². The molecule has 0 aliphatic rings. The van der Waals surface area contributed by atoms with Crippen molar-refractivity contribution >= 4 is 16.5 Å². The zero-order valence-electron chi connectivity index (χ0n) is 13.0. The Morgan fingerprint density at radius 1 is 1.00 bits per heavy atom. The number of aliphatic hydroxyl groups is 1. The zero-order valence-corrected chi connectivity index (χ0v) is 13.8. The first kappa shape index (κ1) is 16.5. The van der Waals surface area contributed by atoms with Crippen molar-refractivity contribution in [3.05, 3.63) is 76.5 Å². The van der Waals surface area contributed by atoms with E-state index < -0.39 is 6.10 Å². The maximum atomic E-state index is 12.9. The third kappa shape index (κ3) is 4.84. The predicted molar refractivity (Wildman–Crippen MR) is 93.8 cm³/mol. The van der Waals surface area contributed by atoms with Gasteiger partial charge in [0.05, 0.1) is 6.10 Å². The van der Waals surface area contributed by atoms with Gasteiger partial charge in [0.2, 0.25) is 5.13 Å². The molecule has 1 atom stereocenters. The molecule has 0 aliphatic heterocycles. The molecule has 2 aromatic carbocycles. The molecule has 0 aliphatic carbocycles. The highest BCUT2D eigenvalue weighted by Crippen LogP contribution is 2.19. The number of nitrogens with zero attached hydrogens (tertiary/aromatic N) is 2. The van der Waals surface area contributed by atoms with E-state index in [1.165, 1.54) is 23.5 Å². The molecular formula is C18H18FN3OS. The van der Waals surface area contributed by atoms with Gasteiger partial charge in [-0.3, -0.25) is 0 Å². The summed E-state index contributed by atoms with van der Waals surface area (Å²) < 4.78 is 12.9. The number of anilines is 1. The molecule has 0 radical (unpaired) electrons. The molecular weight excluding hydrogens is 325 g/mol. The molecule has 3 rings (SSSR count). The molecule has 6 heteroatoms. The van der Waals surface area contributed by atoms with Gasteiger partial charge in [-0.2, -0.15) is 0 Å². The standard InChI is InChI=1S/C18H18FN3OS/c19-15-8-6-14(7-9-15)11-17-21-22-18(24-17)20-12-16(23)10-13-4-2-1-3-5-13/h1-9,16,23H,10-12H2,(H,20,22). The number of nitrogens with one attached hydrogen (secondary N) is 1. The molecule has 3 aromatic rings. The summed E-state index contributed by atoms with van der Waals surface area (Å²) >= 11 is 1.44. The Kier molecular flexibility index (Phi) is 5.51. The van der Waals surface area contributed by atoms with E-state index in [-0.39, 0.29) is 5.82 Å². The SMILES string of the molecule is OC(CNc1nnc(Cc2ccc(F)cc2)s1)Cc1ccccc1. The predicted octanol–water partition coefficient (Wildman–Crippen LogP) is 3.28. The fraction of sp³-hybridized carbons (Fsp3) is 0.222. The Balaban J connectivity index is 1.49. The third-order valence-electron chi connectivity index (χ3n) is 3.54. The Bertz CT molecular complexity index is 761. The van der Waals surface area contributed by atoms with Gasteiger partial charge in [-0.1, -0.05) is 53.8 Å². The van der Waals surface area contributed by atoms with Crippen molar-refractivity contribution in [3.8, 4) is 0 Å². The van der Waals surface area contributed by atoms with Crippen LogP contribution in [0.15, 0.2) is 54.6 Å². The second-order valence-electron chi connectivity index (χ2n) is 5.53. The molecule has 0 bridgehead atoms. The van der Waals surface area contributed by atoms with Crippen LogP contribution in [-0.4, -0.2) is 28.0 Å². The first-order valence-corrected chi connectivity index (χ1v) is 8.53. The summed E-state index contributed by atoms with van der Waals surface area (Å²) in [5.41, 5.74) is 2.09. The molecule has 0 fully saturated rings. The topological polar surface area (TPSA) is 58.0 Å². The van der Waals surface area contributed by atoms with E-state index in [1.807, 2.05) is 30.3 Å². The summed E-state index contributed by atoms with van der Waals surface area (Å²) in [6.07, 6.45) is 0.721. The maximum Gasteiger partial charge on any atom is 0.205 e. The van der Waals surface area contributed by atoms with Crippen molar-refractivity contribution in [1.82, 2.24) is 10.2 Å². The molecule has 2 N–H and O–H groups in total. The smallest absolute Gasteiger partial charge is 0.205 e. The van der Waals surface area contributed by atoms with Crippen molar-refractivity contribution < 1.29 is 9.50 Å². The van der Waals surface area contributed by atoms with Gasteiger partial charge < -0.3 is 10.4 Å². The fourth-order valence-corrected chi connectivity index (χ4v) is 3.12. The molecule has 0 saturated carbocycles. The summed E-state index contributed by atoms with van der Waals surface area (Å²) in [5.74, 6) is -0.245. The lowest BCUT2D eigenvalue weighted by Gasteiger charge is -2.10. The largest absolute Gasteiger partial charge is 0.391 e. The normalized spacial score (nSPS) is 12.1. The van der Waals surface area contributed by atoms with E-state index in [2.05, 4.69) is 15.5 Å². The van der Waals surface area contributed by atoms with Crippen LogP contribution in [0.25, 0.3) is 0 Å². The van der Waals surface area contributed by atoms with Crippen LogP contribution in [0.1, 0.15) is 16.1 Å². The van der Waals surface area contributed by atoms with Crippen LogP contribution in [0.5, 0.6) is 0 Å². The number of aromatic nitrogens is 2. The molecule has 4 nitrogen and oxygen atoms in total. The number of hydrogen-bond acceptors (Lipinski definition) is 5. The Morgan fingerprint density at radius 2 is 1.75 bits per heavy atom. The maximum absolute atomic E-state index is 12.9. The minimum atomic E-state index is -0.489. The summed E-state index contributed by atoms with van der Waals surface area (Å²) in [7, 11) is 0. The van der Waals surface area contributed by atoms with Crippen molar-refractivity contribution in [3.63, 3.8) is 0 Å². The molecule has 0 spiro atoms. The number of benzene rings is 2. The van der Waals surface area contributed by atoms with E-state index in [9.17, 15) is 9.50 Å². The molecule has 0 amide bonds. The van der Waals surface area contributed by atoms with Crippen LogP contribution in [-0.2, 0) is 12.8 Å². The van der Waals surface area contributed by atoms with Crippen LogP contribution in [0.4, 0.5) is 9.52 Å². The van der Waals surface area contributed by atoms with Crippen molar-refractivity contribution in [2.45, 2.75) is 18.9 Å². The summed E-state index contributed by atoms with van der Waals surface area (Å²) in [6.45, 7) is 0.417. The number of hydrogen-bond donors (Lipinski definition) is 2. The van der Waals surface area contributed by atoms with Gasteiger partial charge in [0, 0.05) is 19.4 Å². The van der Waals surface area contributed by atoms with Gasteiger partial charge in [-0.05, 0) is 23.3 Å². The van der Waals surface area contributed by atoms with Gasteiger partial charge in [0.1, 0.15) is 10.8 Å². The van der Waals surface area contributed by atoms with Gasteiger partial charge in [-0.25, -0.2) is 4.39 Å². The van der Waals surface area contributed by atoms with Crippen LogP contribution < -0.4 is 5.32 Å². The Hall–Kier alpha value is -2.31. The highest BCUT2D eigenvalue weighted by molar-refractivity contribution is 7.15. The van der Waals surface area contributed by atoms with E-state index in [4.69, 9.17) is 0 Å². The van der Waals surface area contributed by atoms with Crippen molar-refractivity contribution in [2.24, 2.45) is 0 Å². The van der Waals surface area contributed by atoms with E-state index in [1.54, 1.807) is 12.1 Å². The summed E-state index contributed by atoms with van der Waals surface area (Å²) in [4.78, 5) is 0. The van der Waals surface area contributed by atoms with E-state index in [0.29, 0.717) is 24.5 Å². The average molecular weight is 343 g/mol. The van der Waals surface area contributed by atoms with E-state index in [0.717, 1.165) is 16.1 Å². The molecule has 1 unspecified atom stereocenters. The zero-order chi connectivity index (χ0) is 16.8. The number of aliphatic hydroxyl groups excluding tert-OH is 1. The average Bonchev–Trinajstić information content (AvgIpc) is 3.04. The minimum absolute atomic E-state index is 0.245. The molecule has 124 valence electrons. The summed E-state index contributed by atoms with van der Waals surface area (Å²) in [5, 5.41) is 22.9. The molecule has 1 aromatic heterocycles. The molecule has 0 saturated heterocycles. The van der Waals surface area contributed by atoms with Crippen molar-refractivity contribution in [2.75, 3.05) is 11.9 Å². The van der Waals surface area contributed by atoms with Gasteiger partial charge in [-0.15, -0.1) is 10.2 Å². The third-order valence-corrected chi connectivity index (χ3v) is 4.42. The van der Waals surface area contributed by atoms with Crippen LogP contribution in [0, 0.1) is 5.82 Å². The van der Waals surface area contributed by atoms with Crippen LogP contribution in [0.2, 0.25) is 0 Å². The second kappa shape index (κ2) is 7.99. The van der Waals surface area contributed by atoms with Crippen molar-refractivity contribution in [1.29, 1.82) is 0 Å². The van der Waals surface area contributed by atoms with E-state index >= 15 is 0 Å². The number of rotatable bonds is 7. The lowest BCUT2D eigenvalue weighted by atomic mass is 10.1. The first-order valence-electron chi connectivity index (χ1n) is 7.72. The van der Waals surface area contributed by atoms with Crippen LogP contribution >= 0.6 is 11.3 Å².